The zero-order valence-electron chi connectivity index (χ0n) is 30.6. The van der Waals surface area contributed by atoms with Gasteiger partial charge in [-0.1, -0.05) is 38.6 Å². The molecule has 2 aliphatic heterocycles. The third-order valence-electron chi connectivity index (χ3n) is 10.7. The zero-order chi connectivity index (χ0) is 40.0. The highest BCUT2D eigenvalue weighted by atomic mass is 32.2. The fraction of sp³-hybridized carbons (Fsp3) is 0.474. The second kappa shape index (κ2) is 15.6. The number of allylic oxidation sites excluding steroid dienone is 3. The van der Waals surface area contributed by atoms with Crippen molar-refractivity contribution in [2.24, 2.45) is 5.92 Å². The van der Waals surface area contributed by atoms with E-state index in [-0.39, 0.29) is 28.6 Å². The predicted octanol–water partition coefficient (Wildman–Crippen LogP) is 6.37. The minimum atomic E-state index is -4.46. The average molecular weight is 819 g/mol. The number of fused-ring (bicyclic) bond motifs is 2. The van der Waals surface area contributed by atoms with E-state index in [1.165, 1.54) is 24.3 Å². The lowest BCUT2D eigenvalue weighted by Crippen LogP contribution is -2.44. The van der Waals surface area contributed by atoms with Gasteiger partial charge in [-0.05, 0) is 86.9 Å². The van der Waals surface area contributed by atoms with Crippen molar-refractivity contribution in [1.82, 2.24) is 0 Å². The molecule has 0 aromatic heterocycles. The SMILES string of the molecule is CC1(C)C(=CC2C(=S)C(=CC3=[N+](CCCCCC(=O)O)c4ccc(S(=O)(=O)O)cc4C3(C)C)C2[S-])N(CCCCCC(=O)O)c2ccc(S(=O)(=O)O)cc21. The lowest BCUT2D eigenvalue weighted by Gasteiger charge is -2.46. The van der Waals surface area contributed by atoms with Gasteiger partial charge in [0.15, 0.2) is 5.71 Å². The molecule has 0 spiro atoms. The van der Waals surface area contributed by atoms with Crippen LogP contribution in [0.4, 0.5) is 11.4 Å². The van der Waals surface area contributed by atoms with Gasteiger partial charge < -0.3 is 27.7 Å². The van der Waals surface area contributed by atoms with Crippen LogP contribution in [-0.4, -0.2) is 81.6 Å². The van der Waals surface area contributed by atoms with Crippen molar-refractivity contribution in [2.45, 2.75) is 105 Å². The molecule has 12 nitrogen and oxygen atoms in total. The van der Waals surface area contributed by atoms with Crippen molar-refractivity contribution < 1.29 is 50.3 Å². The Balaban J connectivity index is 1.50. The molecule has 3 aliphatic rings. The number of aliphatic carboxylic acids is 2. The largest absolute Gasteiger partial charge is 0.784 e. The number of thiocarbonyl (C=S) groups is 1. The zero-order valence-corrected chi connectivity index (χ0v) is 33.9. The number of nitrogens with zero attached hydrogens (tertiary/aromatic N) is 2. The van der Waals surface area contributed by atoms with Gasteiger partial charge >= 0.3 is 11.9 Å². The molecule has 2 aromatic rings. The number of carbonyl (C=O) groups is 2. The minimum absolute atomic E-state index is 0.0644. The topological polar surface area (TPSA) is 190 Å². The number of benzene rings is 2. The molecule has 2 heterocycles. The van der Waals surface area contributed by atoms with Crippen LogP contribution in [0.1, 0.15) is 90.2 Å². The van der Waals surface area contributed by atoms with Crippen molar-refractivity contribution in [1.29, 1.82) is 0 Å². The number of hydrogen-bond acceptors (Lipinski definition) is 9. The van der Waals surface area contributed by atoms with Gasteiger partial charge in [0.1, 0.15) is 6.54 Å². The van der Waals surface area contributed by atoms with Gasteiger partial charge in [-0.25, -0.2) is 0 Å². The predicted molar refractivity (Wildman–Crippen MR) is 211 cm³/mol. The van der Waals surface area contributed by atoms with Crippen LogP contribution in [0.5, 0.6) is 0 Å². The van der Waals surface area contributed by atoms with Gasteiger partial charge in [-0.15, -0.1) is 5.25 Å². The second-order valence-electron chi connectivity index (χ2n) is 15.1. The summed E-state index contributed by atoms with van der Waals surface area (Å²) in [6, 6.07) is 9.04. The van der Waals surface area contributed by atoms with Crippen LogP contribution in [-0.2, 0) is 53.3 Å². The summed E-state index contributed by atoms with van der Waals surface area (Å²) < 4.78 is 70.1. The van der Waals surface area contributed by atoms with Gasteiger partial charge in [0.05, 0.1) is 15.2 Å². The van der Waals surface area contributed by atoms with Crippen molar-refractivity contribution in [3.63, 3.8) is 0 Å². The van der Waals surface area contributed by atoms with Crippen molar-refractivity contribution in [3.8, 4) is 0 Å². The highest BCUT2D eigenvalue weighted by Crippen LogP contribution is 2.50. The van der Waals surface area contributed by atoms with Gasteiger partial charge in [0, 0.05) is 65.2 Å². The van der Waals surface area contributed by atoms with Crippen LogP contribution in [0.2, 0.25) is 0 Å². The Bertz CT molecular complexity index is 2200. The Labute approximate surface area is 327 Å². The molecule has 1 aliphatic carbocycles. The molecule has 0 bridgehead atoms. The normalized spacial score (nSPS) is 21.8. The summed E-state index contributed by atoms with van der Waals surface area (Å²) in [7, 11) is -8.93. The molecular formula is C38H46N2O10S4. The van der Waals surface area contributed by atoms with Crippen molar-refractivity contribution in [3.05, 3.63) is 70.9 Å². The van der Waals surface area contributed by atoms with E-state index in [0.717, 1.165) is 28.4 Å². The van der Waals surface area contributed by atoms with E-state index in [9.17, 15) is 35.5 Å². The Morgan fingerprint density at radius 2 is 1.39 bits per heavy atom. The summed E-state index contributed by atoms with van der Waals surface area (Å²) in [4.78, 5) is 24.4. The summed E-state index contributed by atoms with van der Waals surface area (Å²) in [6.07, 6.45) is 7.88. The first kappa shape index (κ1) is 41.7. The third kappa shape index (κ3) is 8.38. The van der Waals surface area contributed by atoms with E-state index >= 15 is 0 Å². The maximum atomic E-state index is 12.1. The van der Waals surface area contributed by atoms with E-state index in [1.54, 1.807) is 12.1 Å². The van der Waals surface area contributed by atoms with Crippen LogP contribution in [0.25, 0.3) is 0 Å². The highest BCUT2D eigenvalue weighted by Gasteiger charge is 2.47. The van der Waals surface area contributed by atoms with E-state index in [0.29, 0.717) is 67.6 Å². The van der Waals surface area contributed by atoms with E-state index in [2.05, 4.69) is 9.48 Å². The molecule has 1 saturated carbocycles. The van der Waals surface area contributed by atoms with E-state index in [1.807, 2.05) is 39.8 Å². The molecule has 2 unspecified atom stereocenters. The summed E-state index contributed by atoms with van der Waals surface area (Å²) >= 11 is 12.1. The van der Waals surface area contributed by atoms with Gasteiger partial charge in [-0.3, -0.25) is 18.7 Å². The van der Waals surface area contributed by atoms with Crippen LogP contribution < -0.4 is 4.90 Å². The summed E-state index contributed by atoms with van der Waals surface area (Å²) in [5.74, 6) is -2.04. The quantitative estimate of drug-likeness (QED) is 0.0366. The number of carboxylic acid groups (broad SMARTS) is 2. The number of carboxylic acids is 2. The fourth-order valence-corrected chi connectivity index (χ4v) is 9.69. The summed E-state index contributed by atoms with van der Waals surface area (Å²) in [6.45, 7) is 8.93. The number of rotatable bonds is 16. The van der Waals surface area contributed by atoms with Crippen LogP contribution >= 0.6 is 12.2 Å². The Kier molecular flexibility index (Phi) is 12.1. The Morgan fingerprint density at radius 1 is 0.833 bits per heavy atom. The van der Waals surface area contributed by atoms with Gasteiger partial charge in [-0.2, -0.15) is 21.4 Å². The second-order valence-corrected chi connectivity index (χ2v) is 18.9. The fourth-order valence-electron chi connectivity index (χ4n) is 7.72. The lowest BCUT2D eigenvalue weighted by molar-refractivity contribution is -0.438. The molecule has 16 heteroatoms. The monoisotopic (exact) mass is 818 g/mol. The highest BCUT2D eigenvalue weighted by molar-refractivity contribution is 7.86. The van der Waals surface area contributed by atoms with Crippen molar-refractivity contribution in [2.75, 3.05) is 18.0 Å². The van der Waals surface area contributed by atoms with E-state index < -0.39 is 48.3 Å². The minimum Gasteiger partial charge on any atom is -0.784 e. The van der Waals surface area contributed by atoms with Crippen LogP contribution in [0, 0.1) is 5.92 Å². The Hall–Kier alpha value is -3.41. The first-order chi connectivity index (χ1) is 25.1. The smallest absolute Gasteiger partial charge is 0.303 e. The standard InChI is InChI=1S/C38H46N2O10S4/c1-37(2)27-19-23(53(45,46)47)13-15-29(27)39(17-9-5-7-11-33(41)42)31(37)21-25-35(51)26(36(25)52)22-32-38(3,4)28-20-24(54(48,49)50)14-16-30(28)40(32)18-10-6-8-12-34(43)44/h13-16,19-22,25,35H,5-12,17-18H2,1-4H3,(H4-,41,42,43,44,45,46,47,48,49,50,51). The van der Waals surface area contributed by atoms with Gasteiger partial charge in [0.2, 0.25) is 5.69 Å². The Morgan fingerprint density at radius 3 is 1.94 bits per heavy atom. The molecule has 2 aromatic carbocycles. The van der Waals surface area contributed by atoms with Crippen molar-refractivity contribution >= 4 is 79.0 Å². The molecule has 54 heavy (non-hydrogen) atoms. The lowest BCUT2D eigenvalue weighted by atomic mass is 9.73. The molecule has 0 amide bonds. The third-order valence-corrected chi connectivity index (χ3v) is 13.5. The van der Waals surface area contributed by atoms with Crippen LogP contribution in [0.3, 0.4) is 0 Å². The number of unbranched alkanes of at least 4 members (excludes halogenated alkanes) is 4. The molecular weight excluding hydrogens is 773 g/mol. The van der Waals surface area contributed by atoms with E-state index in [4.69, 9.17) is 35.1 Å². The molecule has 0 radical (unpaired) electrons. The average Bonchev–Trinajstić information content (AvgIpc) is 3.41. The molecule has 2 atom stereocenters. The summed E-state index contributed by atoms with van der Waals surface area (Å²) in [5, 5.41) is 17.7. The molecule has 292 valence electrons. The molecule has 4 N–H and O–H groups in total. The number of hydrogen-bond donors (Lipinski definition) is 4. The first-order valence-corrected chi connectivity index (χ1v) is 21.6. The van der Waals surface area contributed by atoms with Crippen LogP contribution in [0.15, 0.2) is 69.6 Å². The molecule has 1 fully saturated rings. The molecule has 5 rings (SSSR count). The molecule has 0 saturated heterocycles. The summed E-state index contributed by atoms with van der Waals surface area (Å²) in [5.41, 5.74) is 4.03. The van der Waals surface area contributed by atoms with Gasteiger partial charge in [0.25, 0.3) is 20.2 Å². The number of anilines is 1. The first-order valence-electron chi connectivity index (χ1n) is 17.8. The maximum absolute atomic E-state index is 12.1. The maximum Gasteiger partial charge on any atom is 0.303 e.